The number of amides is 1. The van der Waals surface area contributed by atoms with Crippen molar-refractivity contribution in [2.24, 2.45) is 0 Å². The van der Waals surface area contributed by atoms with E-state index >= 15 is 0 Å². The molecule has 1 N–H and O–H groups in total. The van der Waals surface area contributed by atoms with Crippen molar-refractivity contribution in [1.82, 2.24) is 9.80 Å². The normalized spacial score (nSPS) is 23.1. The number of piperidine rings is 1. The number of carboxylic acids is 1. The van der Waals surface area contributed by atoms with Crippen molar-refractivity contribution in [2.45, 2.75) is 70.4 Å². The molecule has 1 spiro atoms. The highest BCUT2D eigenvalue weighted by atomic mass is 16.4. The maximum absolute atomic E-state index is 12.9. The molecule has 0 bridgehead atoms. The molecule has 1 unspecified atom stereocenters. The summed E-state index contributed by atoms with van der Waals surface area (Å²) in [5, 5.41) is 8.87. The Hall–Kier alpha value is -1.88. The quantitative estimate of drug-likeness (QED) is 0.831. The van der Waals surface area contributed by atoms with Crippen molar-refractivity contribution in [2.75, 3.05) is 19.6 Å². The number of benzene rings is 1. The Kier molecular flexibility index (Phi) is 6.53. The van der Waals surface area contributed by atoms with Crippen LogP contribution in [0.5, 0.6) is 0 Å². The Balaban J connectivity index is 1.86. The Morgan fingerprint density at radius 1 is 1.15 bits per heavy atom. The molecular formula is C22H32N2O3. The summed E-state index contributed by atoms with van der Waals surface area (Å²) < 4.78 is 0. The number of carboxylic acid groups (broad SMARTS) is 1. The van der Waals surface area contributed by atoms with Gasteiger partial charge in [-0.05, 0) is 56.3 Å². The van der Waals surface area contributed by atoms with E-state index < -0.39 is 5.97 Å². The molecule has 1 amide bonds. The molecule has 2 aliphatic rings. The van der Waals surface area contributed by atoms with Gasteiger partial charge in [0.2, 0.25) is 5.91 Å². The number of aliphatic carboxylic acids is 1. The highest BCUT2D eigenvalue weighted by molar-refractivity contribution is 5.77. The number of carbonyl (C=O) groups is 2. The van der Waals surface area contributed by atoms with Crippen LogP contribution < -0.4 is 0 Å². The molecule has 2 heterocycles. The van der Waals surface area contributed by atoms with Crippen molar-refractivity contribution in [3.8, 4) is 0 Å². The molecule has 5 heteroatoms. The summed E-state index contributed by atoms with van der Waals surface area (Å²) in [5.74, 6) is -0.740. The van der Waals surface area contributed by atoms with Crippen molar-refractivity contribution >= 4 is 11.9 Å². The van der Waals surface area contributed by atoms with Gasteiger partial charge < -0.3 is 10.0 Å². The molecule has 0 aromatic heterocycles. The Morgan fingerprint density at radius 3 is 2.67 bits per heavy atom. The third-order valence-corrected chi connectivity index (χ3v) is 6.10. The summed E-state index contributed by atoms with van der Waals surface area (Å²) in [4.78, 5) is 28.4. The Bertz CT molecular complexity index is 673. The largest absolute Gasteiger partial charge is 0.481 e. The predicted octanol–water partition coefficient (Wildman–Crippen LogP) is 3.46. The van der Waals surface area contributed by atoms with Crippen LogP contribution in [-0.2, 0) is 22.6 Å². The fraction of sp³-hybridized carbons (Fsp3) is 0.636. The second kappa shape index (κ2) is 8.87. The van der Waals surface area contributed by atoms with Gasteiger partial charge in [0.05, 0.1) is 0 Å². The molecule has 1 aromatic rings. The lowest BCUT2D eigenvalue weighted by atomic mass is 9.80. The maximum atomic E-state index is 12.9. The number of nitrogens with zero attached hydrogens (tertiary/aromatic N) is 2. The standard InChI is InChI=1S/C22H32N2O3/c1-2-13-24-14-6-5-12-22(24)15-18-8-3-4-9-19(18)16-23(17-22)20(25)10-7-11-21(26)27/h3-4,8-9H,2,5-7,10-17H2,1H3,(H,26,27). The van der Waals surface area contributed by atoms with Crippen LogP contribution in [0.4, 0.5) is 0 Å². The van der Waals surface area contributed by atoms with Gasteiger partial charge in [-0.15, -0.1) is 0 Å². The number of hydrogen-bond acceptors (Lipinski definition) is 3. The van der Waals surface area contributed by atoms with Gasteiger partial charge in [0.1, 0.15) is 0 Å². The third-order valence-electron chi connectivity index (χ3n) is 6.10. The highest BCUT2D eigenvalue weighted by Gasteiger charge is 2.42. The first kappa shape index (κ1) is 19.9. The minimum atomic E-state index is -0.832. The van der Waals surface area contributed by atoms with E-state index in [1.807, 2.05) is 4.90 Å². The summed E-state index contributed by atoms with van der Waals surface area (Å²) in [6, 6.07) is 8.51. The van der Waals surface area contributed by atoms with E-state index in [4.69, 9.17) is 5.11 Å². The number of fused-ring (bicyclic) bond motifs is 1. The van der Waals surface area contributed by atoms with Crippen LogP contribution in [0.25, 0.3) is 0 Å². The molecule has 3 rings (SSSR count). The Labute approximate surface area is 162 Å². The number of carbonyl (C=O) groups excluding carboxylic acids is 1. The first-order valence-corrected chi connectivity index (χ1v) is 10.4. The number of rotatable bonds is 6. The lowest BCUT2D eigenvalue weighted by molar-refractivity contribution is -0.137. The second-order valence-corrected chi connectivity index (χ2v) is 8.11. The van der Waals surface area contributed by atoms with Crippen molar-refractivity contribution < 1.29 is 14.7 Å². The summed E-state index contributed by atoms with van der Waals surface area (Å²) in [6.45, 7) is 5.80. The topological polar surface area (TPSA) is 60.9 Å². The van der Waals surface area contributed by atoms with Crippen LogP contribution in [0.2, 0.25) is 0 Å². The lowest BCUT2D eigenvalue weighted by Crippen LogP contribution is -2.59. The molecular weight excluding hydrogens is 340 g/mol. The van der Waals surface area contributed by atoms with E-state index in [2.05, 4.69) is 36.1 Å². The molecule has 148 valence electrons. The zero-order valence-corrected chi connectivity index (χ0v) is 16.5. The fourth-order valence-corrected chi connectivity index (χ4v) is 4.79. The van der Waals surface area contributed by atoms with E-state index in [-0.39, 0.29) is 17.9 Å². The zero-order valence-electron chi connectivity index (χ0n) is 16.5. The molecule has 2 aliphatic heterocycles. The zero-order chi connectivity index (χ0) is 19.3. The molecule has 27 heavy (non-hydrogen) atoms. The minimum Gasteiger partial charge on any atom is -0.481 e. The van der Waals surface area contributed by atoms with Crippen LogP contribution in [0.1, 0.15) is 63.0 Å². The molecule has 0 aliphatic carbocycles. The van der Waals surface area contributed by atoms with Crippen LogP contribution in [0.15, 0.2) is 24.3 Å². The predicted molar refractivity (Wildman–Crippen MR) is 105 cm³/mol. The van der Waals surface area contributed by atoms with E-state index in [9.17, 15) is 9.59 Å². The molecule has 1 aromatic carbocycles. The number of hydrogen-bond donors (Lipinski definition) is 1. The summed E-state index contributed by atoms with van der Waals surface area (Å²) in [6.07, 6.45) is 6.48. The molecule has 1 atom stereocenters. The van der Waals surface area contributed by atoms with Gasteiger partial charge in [-0.25, -0.2) is 0 Å². The molecule has 0 saturated carbocycles. The van der Waals surface area contributed by atoms with E-state index in [0.717, 1.165) is 38.9 Å². The van der Waals surface area contributed by atoms with E-state index in [1.54, 1.807) is 0 Å². The number of likely N-dealkylation sites (tertiary alicyclic amines) is 1. The van der Waals surface area contributed by atoms with Crippen molar-refractivity contribution in [3.05, 3.63) is 35.4 Å². The minimum absolute atomic E-state index is 0.0172. The van der Waals surface area contributed by atoms with E-state index in [0.29, 0.717) is 19.4 Å². The second-order valence-electron chi connectivity index (χ2n) is 8.11. The molecule has 0 radical (unpaired) electrons. The molecule has 5 nitrogen and oxygen atoms in total. The lowest BCUT2D eigenvalue weighted by Gasteiger charge is -2.48. The summed E-state index contributed by atoms with van der Waals surface area (Å²) >= 11 is 0. The average molecular weight is 373 g/mol. The van der Waals surface area contributed by atoms with Gasteiger partial charge >= 0.3 is 5.97 Å². The van der Waals surface area contributed by atoms with E-state index in [1.165, 1.54) is 24.0 Å². The van der Waals surface area contributed by atoms with Gasteiger partial charge in [-0.3, -0.25) is 14.5 Å². The van der Waals surface area contributed by atoms with Crippen LogP contribution in [0, 0.1) is 0 Å². The monoisotopic (exact) mass is 372 g/mol. The van der Waals surface area contributed by atoms with Gasteiger partial charge in [0, 0.05) is 31.5 Å². The third kappa shape index (κ3) is 4.70. The summed E-state index contributed by atoms with van der Waals surface area (Å²) in [7, 11) is 0. The highest BCUT2D eigenvalue weighted by Crippen LogP contribution is 2.36. The van der Waals surface area contributed by atoms with Gasteiger partial charge in [-0.1, -0.05) is 37.6 Å². The van der Waals surface area contributed by atoms with Crippen molar-refractivity contribution in [1.29, 1.82) is 0 Å². The van der Waals surface area contributed by atoms with Crippen LogP contribution in [-0.4, -0.2) is 52.0 Å². The van der Waals surface area contributed by atoms with Crippen LogP contribution in [0.3, 0.4) is 0 Å². The van der Waals surface area contributed by atoms with Crippen LogP contribution >= 0.6 is 0 Å². The molecule has 1 saturated heterocycles. The first-order chi connectivity index (χ1) is 13.0. The average Bonchev–Trinajstić information content (AvgIpc) is 2.80. The Morgan fingerprint density at radius 2 is 1.93 bits per heavy atom. The smallest absolute Gasteiger partial charge is 0.303 e. The maximum Gasteiger partial charge on any atom is 0.303 e. The first-order valence-electron chi connectivity index (χ1n) is 10.4. The van der Waals surface area contributed by atoms with Gasteiger partial charge in [-0.2, -0.15) is 0 Å². The molecule has 1 fully saturated rings. The van der Waals surface area contributed by atoms with Gasteiger partial charge in [0.25, 0.3) is 0 Å². The summed E-state index contributed by atoms with van der Waals surface area (Å²) in [5.41, 5.74) is 2.62. The fourth-order valence-electron chi connectivity index (χ4n) is 4.79. The van der Waals surface area contributed by atoms with Gasteiger partial charge in [0.15, 0.2) is 0 Å². The SMILES string of the molecule is CCCN1CCCCC12Cc1ccccc1CN(C(=O)CCCC(=O)O)C2. The van der Waals surface area contributed by atoms with Crippen molar-refractivity contribution in [3.63, 3.8) is 0 Å².